The number of pyridine rings is 1. The Bertz CT molecular complexity index is 1050. The molecule has 0 radical (unpaired) electrons. The molecule has 2 aromatic heterocycles. The van der Waals surface area contributed by atoms with Crippen LogP contribution in [0.25, 0.3) is 16.8 Å². The van der Waals surface area contributed by atoms with Gasteiger partial charge >= 0.3 is 0 Å². The van der Waals surface area contributed by atoms with Gasteiger partial charge in [-0.25, -0.2) is 4.39 Å². The van der Waals surface area contributed by atoms with Crippen LogP contribution in [0.1, 0.15) is 38.2 Å². The van der Waals surface area contributed by atoms with Crippen LogP contribution in [0.5, 0.6) is 0 Å². The van der Waals surface area contributed by atoms with E-state index in [1.165, 1.54) is 16.8 Å². The lowest BCUT2D eigenvalue weighted by molar-refractivity contribution is 0.269. The number of hydrogen-bond donors (Lipinski definition) is 0. The fourth-order valence-corrected chi connectivity index (χ4v) is 5.41. The van der Waals surface area contributed by atoms with Crippen LogP contribution >= 0.6 is 0 Å². The fourth-order valence-electron chi connectivity index (χ4n) is 5.41. The second-order valence-electron chi connectivity index (χ2n) is 8.73. The molecular weight excluding hydrogens is 373 g/mol. The van der Waals surface area contributed by atoms with Gasteiger partial charge in [-0.15, -0.1) is 0 Å². The molecule has 0 bridgehead atoms. The monoisotopic (exact) mass is 401 g/mol. The summed E-state index contributed by atoms with van der Waals surface area (Å²) in [5.74, 6) is -0.125. The highest BCUT2D eigenvalue weighted by Gasteiger charge is 2.44. The number of aromatic nitrogens is 2. The van der Waals surface area contributed by atoms with Crippen molar-refractivity contribution in [2.45, 2.75) is 44.1 Å². The van der Waals surface area contributed by atoms with E-state index in [-0.39, 0.29) is 11.2 Å². The highest BCUT2D eigenvalue weighted by molar-refractivity contribution is 5.64. The molecular formula is C26H28FN3. The van der Waals surface area contributed by atoms with Crippen molar-refractivity contribution in [3.8, 4) is 11.1 Å². The van der Waals surface area contributed by atoms with Crippen molar-refractivity contribution in [1.82, 2.24) is 14.5 Å². The van der Waals surface area contributed by atoms with Crippen molar-refractivity contribution in [3.63, 3.8) is 0 Å². The first-order chi connectivity index (χ1) is 14.7. The van der Waals surface area contributed by atoms with Crippen LogP contribution in [0.4, 0.5) is 4.39 Å². The highest BCUT2D eigenvalue weighted by atomic mass is 19.1. The topological polar surface area (TPSA) is 21.1 Å². The summed E-state index contributed by atoms with van der Waals surface area (Å²) >= 11 is 0. The summed E-state index contributed by atoms with van der Waals surface area (Å²) in [4.78, 5) is 6.71. The number of hydrogen-bond acceptors (Lipinski definition) is 2. The molecule has 3 aromatic rings. The second kappa shape index (κ2) is 7.84. The molecule has 3 nitrogen and oxygen atoms in total. The summed E-state index contributed by atoms with van der Waals surface area (Å²) in [6.07, 6.45) is 14.8. The summed E-state index contributed by atoms with van der Waals surface area (Å²) in [5, 5.41) is 0. The maximum Gasteiger partial charge on any atom is 0.123 e. The molecule has 1 fully saturated rings. The van der Waals surface area contributed by atoms with Crippen LogP contribution in [0.2, 0.25) is 0 Å². The molecule has 2 atom stereocenters. The Kier molecular flexibility index (Phi) is 5.03. The summed E-state index contributed by atoms with van der Waals surface area (Å²) in [6.45, 7) is 4.31. The molecule has 4 heteroatoms. The highest BCUT2D eigenvalue weighted by Crippen LogP contribution is 2.44. The Morgan fingerprint density at radius 1 is 1.13 bits per heavy atom. The molecule has 1 saturated heterocycles. The molecule has 0 saturated carbocycles. The molecule has 4 heterocycles. The smallest absolute Gasteiger partial charge is 0.123 e. The molecule has 0 amide bonds. The Labute approximate surface area is 177 Å². The van der Waals surface area contributed by atoms with Crippen LogP contribution in [-0.2, 0) is 5.41 Å². The van der Waals surface area contributed by atoms with Gasteiger partial charge in [-0.2, -0.15) is 0 Å². The van der Waals surface area contributed by atoms with E-state index in [0.29, 0.717) is 6.04 Å². The van der Waals surface area contributed by atoms with Gasteiger partial charge in [0.2, 0.25) is 0 Å². The lowest BCUT2D eigenvalue weighted by atomic mass is 9.75. The number of benzene rings is 1. The normalized spacial score (nSPS) is 23.9. The average molecular weight is 402 g/mol. The summed E-state index contributed by atoms with van der Waals surface area (Å²) in [7, 11) is 0. The first-order valence-corrected chi connectivity index (χ1v) is 11.0. The van der Waals surface area contributed by atoms with Gasteiger partial charge in [0.1, 0.15) is 5.82 Å². The van der Waals surface area contributed by atoms with Crippen LogP contribution in [-0.4, -0.2) is 33.6 Å². The van der Waals surface area contributed by atoms with E-state index in [1.807, 2.05) is 30.6 Å². The minimum Gasteiger partial charge on any atom is -0.327 e. The van der Waals surface area contributed by atoms with Crippen LogP contribution in [0.3, 0.4) is 0 Å². The maximum atomic E-state index is 14.0. The predicted molar refractivity (Wildman–Crippen MR) is 120 cm³/mol. The first-order valence-electron chi connectivity index (χ1n) is 11.0. The predicted octanol–water partition coefficient (Wildman–Crippen LogP) is 5.75. The quantitative estimate of drug-likeness (QED) is 0.543. The Hall–Kier alpha value is -2.72. The summed E-state index contributed by atoms with van der Waals surface area (Å²) < 4.78 is 16.3. The van der Waals surface area contributed by atoms with Crippen LogP contribution in [0.15, 0.2) is 73.3 Å². The molecule has 1 aromatic carbocycles. The van der Waals surface area contributed by atoms with E-state index in [4.69, 9.17) is 0 Å². The second-order valence-corrected chi connectivity index (χ2v) is 8.73. The molecule has 2 aliphatic heterocycles. The number of fused-ring (bicyclic) bond motifs is 1. The SMILES string of the molecule is CCCC1(c2cccc(F)c2)CC2C=C(n3ccc(-c4ccncc4)c3)CCN2C1. The molecule has 0 aliphatic carbocycles. The van der Waals surface area contributed by atoms with E-state index in [1.54, 1.807) is 12.1 Å². The van der Waals surface area contributed by atoms with Crippen molar-refractivity contribution in [1.29, 1.82) is 0 Å². The molecule has 2 aliphatic rings. The van der Waals surface area contributed by atoms with E-state index in [2.05, 4.69) is 52.0 Å². The van der Waals surface area contributed by atoms with Crippen LogP contribution in [0, 0.1) is 5.82 Å². The van der Waals surface area contributed by atoms with E-state index in [9.17, 15) is 4.39 Å². The molecule has 154 valence electrons. The zero-order valence-electron chi connectivity index (χ0n) is 17.5. The van der Waals surface area contributed by atoms with Gasteiger partial charge in [0, 0.05) is 61.5 Å². The third kappa shape index (κ3) is 3.50. The fraction of sp³-hybridized carbons (Fsp3) is 0.346. The van der Waals surface area contributed by atoms with E-state index >= 15 is 0 Å². The van der Waals surface area contributed by atoms with Crippen molar-refractivity contribution < 1.29 is 4.39 Å². The van der Waals surface area contributed by atoms with Gasteiger partial charge in [0.05, 0.1) is 0 Å². The third-order valence-corrected chi connectivity index (χ3v) is 6.82. The van der Waals surface area contributed by atoms with Crippen LogP contribution < -0.4 is 0 Å². The lowest BCUT2D eigenvalue weighted by Gasteiger charge is -2.30. The van der Waals surface area contributed by atoms with Crippen molar-refractivity contribution in [3.05, 3.63) is 84.7 Å². The molecule has 2 unspecified atom stereocenters. The van der Waals surface area contributed by atoms with Gasteiger partial charge < -0.3 is 4.57 Å². The first kappa shape index (κ1) is 19.3. The van der Waals surface area contributed by atoms with Gasteiger partial charge in [-0.3, -0.25) is 9.88 Å². The Morgan fingerprint density at radius 3 is 2.80 bits per heavy atom. The van der Waals surface area contributed by atoms with Gasteiger partial charge in [-0.05, 0) is 65.9 Å². The van der Waals surface area contributed by atoms with Crippen molar-refractivity contribution >= 4 is 5.70 Å². The zero-order valence-corrected chi connectivity index (χ0v) is 17.5. The lowest BCUT2D eigenvalue weighted by Crippen LogP contribution is -2.35. The Balaban J connectivity index is 1.42. The standard InChI is InChI=1S/C26H28FN3/c1-2-10-26(22-4-3-5-23(27)15-22)17-25-16-24(9-14-30(25)19-26)29-13-8-21(18-29)20-6-11-28-12-7-20/h3-8,11-13,15-16,18,25H,2,9-10,14,17,19H2,1H3. The summed E-state index contributed by atoms with van der Waals surface area (Å²) in [5.41, 5.74) is 4.98. The van der Waals surface area contributed by atoms with Gasteiger partial charge in [-0.1, -0.05) is 25.5 Å². The molecule has 0 spiro atoms. The van der Waals surface area contributed by atoms with Gasteiger partial charge in [0.25, 0.3) is 0 Å². The maximum absolute atomic E-state index is 14.0. The Morgan fingerprint density at radius 2 is 2.00 bits per heavy atom. The molecule has 30 heavy (non-hydrogen) atoms. The third-order valence-electron chi connectivity index (χ3n) is 6.82. The number of rotatable bonds is 5. The molecule has 5 rings (SSSR count). The van der Waals surface area contributed by atoms with Gasteiger partial charge in [0.15, 0.2) is 0 Å². The van der Waals surface area contributed by atoms with E-state index < -0.39 is 0 Å². The summed E-state index contributed by atoms with van der Waals surface area (Å²) in [6, 6.07) is 14.0. The minimum absolute atomic E-state index is 0.0480. The minimum atomic E-state index is -0.125. The van der Waals surface area contributed by atoms with E-state index in [0.717, 1.165) is 44.3 Å². The number of halogens is 1. The average Bonchev–Trinajstić information content (AvgIpc) is 3.40. The number of nitrogens with zero attached hydrogens (tertiary/aromatic N) is 3. The van der Waals surface area contributed by atoms with Crippen molar-refractivity contribution in [2.75, 3.05) is 13.1 Å². The molecule has 0 N–H and O–H groups in total. The van der Waals surface area contributed by atoms with Crippen molar-refractivity contribution in [2.24, 2.45) is 0 Å². The largest absolute Gasteiger partial charge is 0.327 e. The zero-order chi connectivity index (χ0) is 20.6.